The van der Waals surface area contributed by atoms with Crippen molar-refractivity contribution in [3.8, 4) is 11.8 Å². The molecule has 0 saturated heterocycles. The third-order valence-corrected chi connectivity index (χ3v) is 16.8. The molecule has 150 valence electrons. The normalized spacial score (nSPS) is 13.9. The molecule has 0 aliphatic carbocycles. The molecule has 3 heteroatoms. The van der Waals surface area contributed by atoms with Crippen molar-refractivity contribution in [1.29, 1.82) is 0 Å². The summed E-state index contributed by atoms with van der Waals surface area (Å²) >= 11 is 0. The molecule has 0 rings (SSSR count). The summed E-state index contributed by atoms with van der Waals surface area (Å²) in [7, 11) is -3.10. The van der Waals surface area contributed by atoms with E-state index in [0.29, 0.717) is 0 Å². The van der Waals surface area contributed by atoms with Gasteiger partial charge in [0, 0.05) is 6.42 Å². The zero-order valence-electron chi connectivity index (χ0n) is 18.7. The smallest absolute Gasteiger partial charge is 0.194 e. The minimum atomic E-state index is -1.68. The molecule has 0 radical (unpaired) electrons. The van der Waals surface area contributed by atoms with E-state index in [1.54, 1.807) is 5.20 Å². The average Bonchev–Trinajstić information content (AvgIpc) is 2.68. The SMILES string of the molecule is C=CC/C(=C\C(C#CCCC)O[Si](CC)(CC)CC)[Si](CC)(CC)CC. The van der Waals surface area contributed by atoms with Gasteiger partial charge in [0.05, 0.1) is 8.07 Å². The minimum Gasteiger partial charge on any atom is -0.400 e. The zero-order valence-corrected chi connectivity index (χ0v) is 20.7. The lowest BCUT2D eigenvalue weighted by Gasteiger charge is -2.34. The van der Waals surface area contributed by atoms with Crippen LogP contribution in [0, 0.1) is 11.8 Å². The van der Waals surface area contributed by atoms with Gasteiger partial charge in [-0.1, -0.05) is 83.8 Å². The largest absolute Gasteiger partial charge is 0.400 e. The van der Waals surface area contributed by atoms with E-state index in [4.69, 9.17) is 4.43 Å². The van der Waals surface area contributed by atoms with Gasteiger partial charge >= 0.3 is 0 Å². The van der Waals surface area contributed by atoms with Gasteiger partial charge in [0.2, 0.25) is 0 Å². The molecule has 1 nitrogen and oxygen atoms in total. The van der Waals surface area contributed by atoms with Crippen molar-refractivity contribution in [2.24, 2.45) is 0 Å². The first-order chi connectivity index (χ1) is 12.5. The molecule has 0 fully saturated rings. The van der Waals surface area contributed by atoms with Crippen LogP contribution in [-0.2, 0) is 4.43 Å². The molecule has 0 saturated carbocycles. The summed E-state index contributed by atoms with van der Waals surface area (Å²) in [6, 6.07) is 7.42. The Balaban J connectivity index is 6.00. The molecule has 26 heavy (non-hydrogen) atoms. The van der Waals surface area contributed by atoms with E-state index in [1.807, 2.05) is 0 Å². The Kier molecular flexibility index (Phi) is 13.3. The van der Waals surface area contributed by atoms with Gasteiger partial charge in [-0.05, 0) is 37.0 Å². The summed E-state index contributed by atoms with van der Waals surface area (Å²) < 4.78 is 6.81. The number of unbranched alkanes of at least 4 members (excludes halogenated alkanes) is 1. The van der Waals surface area contributed by atoms with Crippen molar-refractivity contribution in [1.82, 2.24) is 0 Å². The summed E-state index contributed by atoms with van der Waals surface area (Å²) in [6.45, 7) is 20.2. The third-order valence-electron chi connectivity index (χ3n) is 6.36. The summed E-state index contributed by atoms with van der Waals surface area (Å²) in [5.41, 5.74) is 0. The molecule has 0 aromatic rings. The summed E-state index contributed by atoms with van der Waals surface area (Å²) in [5, 5.41) is 1.61. The first-order valence-electron chi connectivity index (χ1n) is 10.9. The Morgan fingerprint density at radius 1 is 0.923 bits per heavy atom. The lowest BCUT2D eigenvalue weighted by atomic mass is 10.2. The van der Waals surface area contributed by atoms with Gasteiger partial charge < -0.3 is 4.43 Å². The highest BCUT2D eigenvalue weighted by molar-refractivity contribution is 6.86. The topological polar surface area (TPSA) is 9.23 Å². The van der Waals surface area contributed by atoms with Crippen molar-refractivity contribution in [2.45, 2.75) is 110 Å². The van der Waals surface area contributed by atoms with Gasteiger partial charge in [-0.15, -0.1) is 12.5 Å². The summed E-state index contributed by atoms with van der Waals surface area (Å²) in [4.78, 5) is 0. The van der Waals surface area contributed by atoms with E-state index in [1.165, 1.54) is 36.3 Å². The second kappa shape index (κ2) is 13.6. The van der Waals surface area contributed by atoms with Gasteiger partial charge in [-0.3, -0.25) is 0 Å². The Labute approximate surface area is 166 Å². The van der Waals surface area contributed by atoms with Crippen LogP contribution < -0.4 is 0 Å². The molecule has 0 spiro atoms. The van der Waals surface area contributed by atoms with Crippen LogP contribution in [0.4, 0.5) is 0 Å². The highest BCUT2D eigenvalue weighted by atomic mass is 28.4. The maximum Gasteiger partial charge on any atom is 0.194 e. The fraction of sp³-hybridized carbons (Fsp3) is 0.739. The molecular weight excluding hydrogens is 348 g/mol. The van der Waals surface area contributed by atoms with Gasteiger partial charge in [0.15, 0.2) is 8.32 Å². The lowest BCUT2D eigenvalue weighted by molar-refractivity contribution is 0.285. The number of rotatable bonds is 13. The van der Waals surface area contributed by atoms with Crippen molar-refractivity contribution in [3.63, 3.8) is 0 Å². The van der Waals surface area contributed by atoms with Gasteiger partial charge in [0.25, 0.3) is 0 Å². The maximum absolute atomic E-state index is 6.81. The molecule has 0 aliphatic heterocycles. The highest BCUT2D eigenvalue weighted by Crippen LogP contribution is 2.32. The Morgan fingerprint density at radius 3 is 1.85 bits per heavy atom. The first-order valence-corrected chi connectivity index (χ1v) is 16.1. The summed E-state index contributed by atoms with van der Waals surface area (Å²) in [5.74, 6) is 6.86. The van der Waals surface area contributed by atoms with Crippen LogP contribution in [0.25, 0.3) is 0 Å². The highest BCUT2D eigenvalue weighted by Gasteiger charge is 2.34. The summed E-state index contributed by atoms with van der Waals surface area (Å²) in [6.07, 6.45) is 7.54. The van der Waals surface area contributed by atoms with Crippen molar-refractivity contribution >= 4 is 16.4 Å². The van der Waals surface area contributed by atoms with Crippen LogP contribution in [0.3, 0.4) is 0 Å². The predicted octanol–water partition coefficient (Wildman–Crippen LogP) is 7.73. The molecule has 1 atom stereocenters. The number of hydrogen-bond donors (Lipinski definition) is 0. The van der Waals surface area contributed by atoms with Crippen LogP contribution in [0.15, 0.2) is 23.9 Å². The Hall–Kier alpha value is -0.566. The fourth-order valence-corrected chi connectivity index (χ4v) is 10.5. The third kappa shape index (κ3) is 7.21. The second-order valence-electron chi connectivity index (χ2n) is 7.38. The Morgan fingerprint density at radius 2 is 1.46 bits per heavy atom. The molecule has 0 amide bonds. The molecule has 0 bridgehead atoms. The van der Waals surface area contributed by atoms with E-state index in [9.17, 15) is 0 Å². The average molecular weight is 393 g/mol. The lowest BCUT2D eigenvalue weighted by Crippen LogP contribution is -2.40. The van der Waals surface area contributed by atoms with Crippen LogP contribution in [0.2, 0.25) is 36.3 Å². The van der Waals surface area contributed by atoms with Gasteiger partial charge in [-0.2, -0.15) is 0 Å². The molecule has 0 aliphatic rings. The molecule has 0 heterocycles. The molecule has 0 aromatic carbocycles. The van der Waals surface area contributed by atoms with E-state index in [0.717, 1.165) is 19.3 Å². The van der Waals surface area contributed by atoms with Crippen molar-refractivity contribution in [3.05, 3.63) is 23.9 Å². The van der Waals surface area contributed by atoms with E-state index >= 15 is 0 Å². The van der Waals surface area contributed by atoms with Crippen molar-refractivity contribution < 1.29 is 4.43 Å². The van der Waals surface area contributed by atoms with Gasteiger partial charge in [-0.25, -0.2) is 0 Å². The van der Waals surface area contributed by atoms with E-state index < -0.39 is 16.4 Å². The Bertz CT molecular complexity index is 460. The van der Waals surface area contributed by atoms with Crippen LogP contribution in [0.1, 0.15) is 67.7 Å². The second-order valence-corrected chi connectivity index (χ2v) is 17.4. The van der Waals surface area contributed by atoms with E-state index in [-0.39, 0.29) is 6.10 Å². The first kappa shape index (κ1) is 25.4. The zero-order chi connectivity index (χ0) is 20.1. The van der Waals surface area contributed by atoms with E-state index in [2.05, 4.69) is 79.0 Å². The molecular formula is C23H44OSi2. The maximum atomic E-state index is 6.81. The quantitative estimate of drug-likeness (QED) is 0.177. The van der Waals surface area contributed by atoms with Crippen LogP contribution in [-0.4, -0.2) is 22.5 Å². The molecule has 1 unspecified atom stereocenters. The van der Waals surface area contributed by atoms with Gasteiger partial charge in [0.1, 0.15) is 6.10 Å². The monoisotopic (exact) mass is 392 g/mol. The van der Waals surface area contributed by atoms with Crippen LogP contribution >= 0.6 is 0 Å². The molecule has 0 N–H and O–H groups in total. The van der Waals surface area contributed by atoms with Crippen molar-refractivity contribution in [2.75, 3.05) is 0 Å². The number of hydrogen-bond acceptors (Lipinski definition) is 1. The standard InChI is InChI=1S/C23H44OSi2/c1-9-17-18-20-22(24-26(14-6,15-7)16-8)21-23(19-10-2)25(11-3,12-4)13-5/h10,21-22H,2,9,11-17,19H2,1,3-8H3/b23-21+. The fourth-order valence-electron chi connectivity index (χ4n) is 3.90. The van der Waals surface area contributed by atoms with Crippen LogP contribution in [0.5, 0.6) is 0 Å². The minimum absolute atomic E-state index is 0.0282. The predicted molar refractivity (Wildman–Crippen MR) is 125 cm³/mol. The molecule has 0 aromatic heterocycles. The number of allylic oxidation sites excluding steroid dienone is 2.